The van der Waals surface area contributed by atoms with Gasteiger partial charge in [-0.3, -0.25) is 5.32 Å². The fraction of sp³-hybridized carbons (Fsp3) is 0.462. The summed E-state index contributed by atoms with van der Waals surface area (Å²) < 4.78 is 5.14. The predicted molar refractivity (Wildman–Crippen MR) is 77.0 cm³/mol. The molecule has 0 saturated carbocycles. The summed E-state index contributed by atoms with van der Waals surface area (Å²) in [5.41, 5.74) is 0.272. The van der Waals surface area contributed by atoms with Crippen LogP contribution in [0.2, 0.25) is 5.02 Å². The van der Waals surface area contributed by atoms with Crippen molar-refractivity contribution in [1.29, 1.82) is 0 Å². The van der Waals surface area contributed by atoms with Crippen LogP contribution in [0.25, 0.3) is 0 Å². The number of anilines is 1. The summed E-state index contributed by atoms with van der Waals surface area (Å²) in [5.74, 6) is 0.0185. The van der Waals surface area contributed by atoms with Crippen LogP contribution in [0.4, 0.5) is 10.5 Å². The maximum atomic E-state index is 11.7. The van der Waals surface area contributed by atoms with Gasteiger partial charge < -0.3 is 9.84 Å². The van der Waals surface area contributed by atoms with Gasteiger partial charge in [-0.2, -0.15) is 0 Å². The molecule has 0 saturated heterocycles. The van der Waals surface area contributed by atoms with E-state index in [1.165, 1.54) is 6.07 Å². The minimum Gasteiger partial charge on any atom is -0.444 e. The van der Waals surface area contributed by atoms with Gasteiger partial charge in [-0.25, -0.2) is 4.79 Å². The molecule has 1 atom stereocenters. The van der Waals surface area contributed by atoms with E-state index in [9.17, 15) is 9.90 Å². The van der Waals surface area contributed by atoms with Crippen molar-refractivity contribution in [3.8, 4) is 0 Å². The molecule has 0 radical (unpaired) electrons. The molecular formula is C13H17Cl2NO3. The molecule has 2 N–H and O–H groups in total. The third-order valence-corrected chi connectivity index (χ3v) is 2.68. The lowest BCUT2D eigenvalue weighted by atomic mass is 10.1. The van der Waals surface area contributed by atoms with E-state index in [0.29, 0.717) is 16.3 Å². The van der Waals surface area contributed by atoms with Crippen LogP contribution in [-0.4, -0.2) is 22.7 Å². The van der Waals surface area contributed by atoms with Crippen LogP contribution in [-0.2, 0) is 4.74 Å². The summed E-state index contributed by atoms with van der Waals surface area (Å²) in [6, 6.07) is 4.77. The lowest BCUT2D eigenvalue weighted by Gasteiger charge is -2.21. The summed E-state index contributed by atoms with van der Waals surface area (Å²) >= 11 is 11.5. The van der Waals surface area contributed by atoms with Gasteiger partial charge in [0.2, 0.25) is 0 Å². The van der Waals surface area contributed by atoms with E-state index in [2.05, 4.69) is 5.32 Å². The van der Waals surface area contributed by atoms with E-state index in [-0.39, 0.29) is 5.88 Å². The van der Waals surface area contributed by atoms with Gasteiger partial charge in [0.05, 0.1) is 17.7 Å². The predicted octanol–water partition coefficient (Wildman–Crippen LogP) is 3.96. The third kappa shape index (κ3) is 5.27. The monoisotopic (exact) mass is 305 g/mol. The Morgan fingerprint density at radius 3 is 2.63 bits per heavy atom. The molecule has 0 spiro atoms. The molecule has 6 heteroatoms. The van der Waals surface area contributed by atoms with Crippen molar-refractivity contribution in [2.45, 2.75) is 32.5 Å². The van der Waals surface area contributed by atoms with Crippen molar-refractivity contribution < 1.29 is 14.6 Å². The first-order valence-electron chi connectivity index (χ1n) is 5.76. The average Bonchev–Trinajstić information content (AvgIpc) is 2.25. The van der Waals surface area contributed by atoms with Gasteiger partial charge in [0.1, 0.15) is 5.60 Å². The first-order valence-corrected chi connectivity index (χ1v) is 6.67. The van der Waals surface area contributed by atoms with Gasteiger partial charge in [0, 0.05) is 10.6 Å². The number of hydrogen-bond donors (Lipinski definition) is 2. The minimum atomic E-state index is -0.885. The second kappa shape index (κ2) is 6.46. The Balaban J connectivity index is 2.93. The van der Waals surface area contributed by atoms with Crippen molar-refractivity contribution >= 4 is 35.0 Å². The average molecular weight is 306 g/mol. The van der Waals surface area contributed by atoms with E-state index < -0.39 is 17.8 Å². The Kier molecular flexibility index (Phi) is 5.47. The molecule has 1 amide bonds. The lowest BCUT2D eigenvalue weighted by Crippen LogP contribution is -2.27. The number of alkyl halides is 1. The number of benzene rings is 1. The smallest absolute Gasteiger partial charge is 0.412 e. The number of rotatable bonds is 3. The Bertz CT molecular complexity index is 458. The summed E-state index contributed by atoms with van der Waals surface area (Å²) in [7, 11) is 0. The summed E-state index contributed by atoms with van der Waals surface area (Å²) in [6.07, 6.45) is -1.50. The Labute approximate surface area is 122 Å². The molecule has 1 aromatic carbocycles. The van der Waals surface area contributed by atoms with Crippen LogP contribution in [0.15, 0.2) is 18.2 Å². The number of carbonyl (C=O) groups is 1. The van der Waals surface area contributed by atoms with Crippen molar-refractivity contribution in [3.05, 3.63) is 28.8 Å². The molecule has 106 valence electrons. The molecule has 0 heterocycles. The Morgan fingerprint density at radius 2 is 2.11 bits per heavy atom. The summed E-state index contributed by atoms with van der Waals surface area (Å²) in [6.45, 7) is 5.29. The second-order valence-corrected chi connectivity index (χ2v) is 5.77. The number of carbonyl (C=O) groups excluding carboxylic acids is 1. The first-order chi connectivity index (χ1) is 8.73. The Morgan fingerprint density at radius 1 is 1.47 bits per heavy atom. The molecule has 1 unspecified atom stereocenters. The molecule has 0 aliphatic rings. The van der Waals surface area contributed by atoms with E-state index in [4.69, 9.17) is 27.9 Å². The highest BCUT2D eigenvalue weighted by molar-refractivity contribution is 6.31. The topological polar surface area (TPSA) is 58.6 Å². The molecule has 19 heavy (non-hydrogen) atoms. The third-order valence-electron chi connectivity index (χ3n) is 2.16. The van der Waals surface area contributed by atoms with E-state index in [1.807, 2.05) is 0 Å². The molecule has 0 aromatic heterocycles. The number of aliphatic hydroxyl groups excluding tert-OH is 1. The van der Waals surface area contributed by atoms with Crippen molar-refractivity contribution in [2.24, 2.45) is 0 Å². The van der Waals surface area contributed by atoms with Crippen molar-refractivity contribution in [2.75, 3.05) is 11.2 Å². The van der Waals surface area contributed by atoms with Crippen LogP contribution in [0, 0.1) is 0 Å². The zero-order chi connectivity index (χ0) is 14.6. The number of ether oxygens (including phenoxy) is 1. The highest BCUT2D eigenvalue weighted by Crippen LogP contribution is 2.27. The maximum absolute atomic E-state index is 11.7. The highest BCUT2D eigenvalue weighted by Gasteiger charge is 2.19. The maximum Gasteiger partial charge on any atom is 0.412 e. The van der Waals surface area contributed by atoms with Crippen molar-refractivity contribution in [3.63, 3.8) is 0 Å². The van der Waals surface area contributed by atoms with Crippen LogP contribution >= 0.6 is 23.2 Å². The molecule has 4 nitrogen and oxygen atoms in total. The number of amides is 1. The van der Waals surface area contributed by atoms with Gasteiger partial charge in [0.25, 0.3) is 0 Å². The second-order valence-electron chi connectivity index (χ2n) is 5.03. The van der Waals surface area contributed by atoms with Crippen LogP contribution in [0.5, 0.6) is 0 Å². The van der Waals surface area contributed by atoms with E-state index >= 15 is 0 Å². The zero-order valence-electron chi connectivity index (χ0n) is 11.0. The highest BCUT2D eigenvalue weighted by atomic mass is 35.5. The molecule has 0 aliphatic heterocycles. The van der Waals surface area contributed by atoms with Crippen LogP contribution in [0.1, 0.15) is 32.4 Å². The van der Waals surface area contributed by atoms with Gasteiger partial charge in [-0.05, 0) is 32.9 Å². The van der Waals surface area contributed by atoms with Crippen LogP contribution < -0.4 is 5.32 Å². The number of nitrogens with one attached hydrogen (secondary N) is 1. The molecule has 1 aromatic rings. The molecule has 1 rings (SSSR count). The first kappa shape index (κ1) is 16.1. The normalized spacial score (nSPS) is 12.9. The summed E-state index contributed by atoms with van der Waals surface area (Å²) in [5, 5.41) is 12.8. The number of aliphatic hydroxyl groups is 1. The van der Waals surface area contributed by atoms with Gasteiger partial charge >= 0.3 is 6.09 Å². The summed E-state index contributed by atoms with van der Waals surface area (Å²) in [4.78, 5) is 11.7. The standard InChI is InChI=1S/C13H17Cl2NO3/c1-13(2,3)19-12(18)16-10-6-8(15)4-5-9(10)11(17)7-14/h4-6,11,17H,7H2,1-3H3,(H,16,18). The number of hydrogen-bond acceptors (Lipinski definition) is 3. The molecule has 0 fully saturated rings. The quantitative estimate of drug-likeness (QED) is 0.831. The fourth-order valence-electron chi connectivity index (χ4n) is 1.42. The van der Waals surface area contributed by atoms with Gasteiger partial charge in [-0.1, -0.05) is 17.7 Å². The largest absolute Gasteiger partial charge is 0.444 e. The van der Waals surface area contributed by atoms with Crippen LogP contribution in [0.3, 0.4) is 0 Å². The molecule has 0 aliphatic carbocycles. The fourth-order valence-corrected chi connectivity index (χ4v) is 1.76. The minimum absolute atomic E-state index is 0.0185. The Hall–Kier alpha value is -0.970. The molecule has 0 bridgehead atoms. The van der Waals surface area contributed by atoms with E-state index in [1.54, 1.807) is 32.9 Å². The zero-order valence-corrected chi connectivity index (χ0v) is 12.5. The van der Waals surface area contributed by atoms with Crippen molar-refractivity contribution in [1.82, 2.24) is 0 Å². The van der Waals surface area contributed by atoms with E-state index in [0.717, 1.165) is 0 Å². The molecular weight excluding hydrogens is 289 g/mol. The van der Waals surface area contributed by atoms with Gasteiger partial charge in [0.15, 0.2) is 0 Å². The van der Waals surface area contributed by atoms with Gasteiger partial charge in [-0.15, -0.1) is 11.6 Å². The lowest BCUT2D eigenvalue weighted by molar-refractivity contribution is 0.0635. The number of halogens is 2. The SMILES string of the molecule is CC(C)(C)OC(=O)Nc1cc(Cl)ccc1C(O)CCl.